The summed E-state index contributed by atoms with van der Waals surface area (Å²) in [6, 6.07) is 5.65. The molecule has 3 aliphatic rings. The molecule has 0 aliphatic carbocycles. The van der Waals surface area contributed by atoms with Gasteiger partial charge in [0.25, 0.3) is 5.56 Å². The number of rotatable bonds is 8. The Morgan fingerprint density at radius 2 is 2.00 bits per heavy atom. The van der Waals surface area contributed by atoms with Gasteiger partial charge in [-0.05, 0) is 43.6 Å². The molecular weight excluding hydrogens is 456 g/mol. The number of fused-ring (bicyclic) bond motifs is 2. The van der Waals surface area contributed by atoms with Gasteiger partial charge in [-0.3, -0.25) is 9.69 Å². The molecule has 2 saturated heterocycles. The number of aromatic nitrogens is 1. The molecule has 0 spiro atoms. The largest absolute Gasteiger partial charge is 0.454 e. The van der Waals surface area contributed by atoms with Crippen LogP contribution in [-0.2, 0) is 16.0 Å². The van der Waals surface area contributed by atoms with Gasteiger partial charge < -0.3 is 34.1 Å². The summed E-state index contributed by atoms with van der Waals surface area (Å²) in [6.45, 7) is 7.36. The van der Waals surface area contributed by atoms with Crippen molar-refractivity contribution in [2.75, 3.05) is 59.3 Å². The Bertz CT molecular complexity index is 1070. The molecule has 9 nitrogen and oxygen atoms in total. The van der Waals surface area contributed by atoms with E-state index in [4.69, 9.17) is 31.2 Å². The normalized spacial score (nSPS) is 20.1. The van der Waals surface area contributed by atoms with Crippen LogP contribution in [0.1, 0.15) is 24.8 Å². The Morgan fingerprint density at radius 3 is 2.79 bits per heavy atom. The zero-order chi connectivity index (χ0) is 23.3. The predicted molar refractivity (Wildman–Crippen MR) is 133 cm³/mol. The second kappa shape index (κ2) is 10.9. The maximum Gasteiger partial charge on any atom is 0.253 e. The first-order chi connectivity index (χ1) is 16.7. The third-order valence-electron chi connectivity index (χ3n) is 6.57. The van der Waals surface area contributed by atoms with Crippen molar-refractivity contribution in [2.45, 2.75) is 31.9 Å². The molecule has 0 saturated carbocycles. The fraction of sp³-hybridized carbons (Fsp3) is 0.583. The van der Waals surface area contributed by atoms with Crippen LogP contribution in [-0.4, -0.2) is 85.3 Å². The molecule has 1 unspecified atom stereocenters. The van der Waals surface area contributed by atoms with E-state index in [0.29, 0.717) is 35.3 Å². The quantitative estimate of drug-likeness (QED) is 0.541. The second-order valence-electron chi connectivity index (χ2n) is 8.97. The maximum absolute atomic E-state index is 12.9. The Morgan fingerprint density at radius 1 is 1.18 bits per heavy atom. The van der Waals surface area contributed by atoms with Crippen LogP contribution in [0.5, 0.6) is 11.5 Å². The number of ether oxygens (including phenoxy) is 4. The topological polar surface area (TPSA) is 88.3 Å². The average molecular weight is 489 g/mol. The summed E-state index contributed by atoms with van der Waals surface area (Å²) in [7, 11) is 0. The average Bonchev–Trinajstić information content (AvgIpc) is 3.53. The molecule has 34 heavy (non-hydrogen) atoms. The lowest BCUT2D eigenvalue weighted by Gasteiger charge is -2.30. The van der Waals surface area contributed by atoms with Gasteiger partial charge in [-0.25, -0.2) is 0 Å². The number of aromatic amines is 1. The lowest BCUT2D eigenvalue weighted by atomic mass is 10.1. The number of nitrogens with one attached hydrogen (secondary N) is 2. The van der Waals surface area contributed by atoms with Crippen LogP contribution in [0.15, 0.2) is 23.0 Å². The van der Waals surface area contributed by atoms with Gasteiger partial charge in [-0.15, -0.1) is 0 Å². The van der Waals surface area contributed by atoms with Crippen molar-refractivity contribution in [3.8, 4) is 11.5 Å². The first-order valence-corrected chi connectivity index (χ1v) is 12.5. The molecule has 0 amide bonds. The Kier molecular flexibility index (Phi) is 7.48. The summed E-state index contributed by atoms with van der Waals surface area (Å²) in [5.41, 5.74) is 1.28. The number of H-pyrrole nitrogens is 1. The smallest absolute Gasteiger partial charge is 0.253 e. The molecule has 0 radical (unpaired) electrons. The first-order valence-electron chi connectivity index (χ1n) is 12.1. The molecule has 1 aromatic heterocycles. The maximum atomic E-state index is 12.9. The summed E-state index contributed by atoms with van der Waals surface area (Å²) < 4.78 is 22.1. The van der Waals surface area contributed by atoms with Crippen molar-refractivity contribution in [2.24, 2.45) is 0 Å². The minimum Gasteiger partial charge on any atom is -0.454 e. The summed E-state index contributed by atoms with van der Waals surface area (Å²) in [4.78, 5) is 20.4. The van der Waals surface area contributed by atoms with E-state index in [1.807, 2.05) is 18.2 Å². The van der Waals surface area contributed by atoms with Crippen molar-refractivity contribution in [3.05, 3.63) is 34.1 Å². The number of pyridine rings is 1. The predicted octanol–water partition coefficient (Wildman–Crippen LogP) is 1.83. The molecule has 1 atom stereocenters. The van der Waals surface area contributed by atoms with Crippen LogP contribution in [0.4, 0.5) is 0 Å². The molecule has 10 heteroatoms. The number of benzene rings is 1. The molecule has 1 aromatic carbocycles. The van der Waals surface area contributed by atoms with E-state index in [1.54, 1.807) is 0 Å². The molecule has 5 rings (SSSR count). The lowest BCUT2D eigenvalue weighted by Crippen LogP contribution is -2.44. The minimum atomic E-state index is -0.119. The van der Waals surface area contributed by atoms with E-state index in [1.165, 1.54) is 0 Å². The van der Waals surface area contributed by atoms with E-state index in [0.717, 1.165) is 76.2 Å². The highest BCUT2D eigenvalue weighted by atomic mass is 32.1. The van der Waals surface area contributed by atoms with E-state index < -0.39 is 0 Å². The highest BCUT2D eigenvalue weighted by Gasteiger charge is 2.20. The first kappa shape index (κ1) is 23.3. The number of hydrogen-bond donors (Lipinski definition) is 2. The number of morpholine rings is 1. The zero-order valence-electron chi connectivity index (χ0n) is 19.3. The van der Waals surface area contributed by atoms with Gasteiger partial charge >= 0.3 is 0 Å². The molecule has 4 heterocycles. The third kappa shape index (κ3) is 5.63. The lowest BCUT2D eigenvalue weighted by molar-refractivity contribution is 0.0367. The van der Waals surface area contributed by atoms with Gasteiger partial charge in [0, 0.05) is 56.3 Å². The standard InChI is InChI=1S/C24H32N4O5S/c29-23-18(11-17-12-21-22(33-16-32-21)13-20(17)26-23)15-28(5-2-4-27-6-9-30-10-7-27)24(34)25-14-19-3-1-8-31-19/h11-13,19H,1-10,14-16H2,(H,25,34)(H,26,29). The Hall–Kier alpha value is -2.40. The number of thiocarbonyl (C=S) groups is 1. The van der Waals surface area contributed by atoms with Gasteiger partial charge in [0.1, 0.15) is 0 Å². The minimum absolute atomic E-state index is 0.119. The summed E-state index contributed by atoms with van der Waals surface area (Å²) in [6.07, 6.45) is 3.29. The van der Waals surface area contributed by atoms with Crippen molar-refractivity contribution in [1.82, 2.24) is 20.1 Å². The van der Waals surface area contributed by atoms with Gasteiger partial charge in [-0.1, -0.05) is 0 Å². The van der Waals surface area contributed by atoms with Gasteiger partial charge in [-0.2, -0.15) is 0 Å². The SMILES string of the molecule is O=c1[nH]c2cc3c(cc2cc1CN(CCCN1CCOCC1)C(=S)NCC1CCCO1)OCO3. The molecule has 2 N–H and O–H groups in total. The molecule has 3 aliphatic heterocycles. The van der Waals surface area contributed by atoms with Crippen LogP contribution in [0.2, 0.25) is 0 Å². The molecule has 2 fully saturated rings. The number of hydrogen-bond acceptors (Lipinski definition) is 7. The van der Waals surface area contributed by atoms with Crippen LogP contribution in [0.25, 0.3) is 10.9 Å². The van der Waals surface area contributed by atoms with Crippen molar-refractivity contribution >= 4 is 28.2 Å². The monoisotopic (exact) mass is 488 g/mol. The summed E-state index contributed by atoms with van der Waals surface area (Å²) in [5, 5.41) is 4.94. The van der Waals surface area contributed by atoms with E-state index in [-0.39, 0.29) is 18.5 Å². The van der Waals surface area contributed by atoms with Gasteiger partial charge in [0.2, 0.25) is 6.79 Å². The van der Waals surface area contributed by atoms with Gasteiger partial charge in [0.05, 0.1) is 31.4 Å². The van der Waals surface area contributed by atoms with Crippen LogP contribution < -0.4 is 20.3 Å². The third-order valence-corrected chi connectivity index (χ3v) is 6.98. The van der Waals surface area contributed by atoms with Gasteiger partial charge in [0.15, 0.2) is 16.6 Å². The van der Waals surface area contributed by atoms with Crippen molar-refractivity contribution < 1.29 is 18.9 Å². The summed E-state index contributed by atoms with van der Waals surface area (Å²) >= 11 is 5.76. The molecule has 0 bridgehead atoms. The summed E-state index contributed by atoms with van der Waals surface area (Å²) in [5.74, 6) is 1.35. The molecule has 184 valence electrons. The van der Waals surface area contributed by atoms with Crippen LogP contribution in [0.3, 0.4) is 0 Å². The fourth-order valence-corrected chi connectivity index (χ4v) is 4.88. The van der Waals surface area contributed by atoms with Crippen molar-refractivity contribution in [1.29, 1.82) is 0 Å². The number of nitrogens with zero attached hydrogens (tertiary/aromatic N) is 2. The fourth-order valence-electron chi connectivity index (χ4n) is 4.64. The van der Waals surface area contributed by atoms with E-state index in [2.05, 4.69) is 20.1 Å². The highest BCUT2D eigenvalue weighted by Crippen LogP contribution is 2.35. The molecule has 2 aromatic rings. The van der Waals surface area contributed by atoms with E-state index >= 15 is 0 Å². The molecular formula is C24H32N4O5S. The highest BCUT2D eigenvalue weighted by molar-refractivity contribution is 7.80. The Labute approximate surface area is 204 Å². The Balaban J connectivity index is 1.29. The second-order valence-corrected chi connectivity index (χ2v) is 9.35. The van der Waals surface area contributed by atoms with Crippen molar-refractivity contribution in [3.63, 3.8) is 0 Å². The zero-order valence-corrected chi connectivity index (χ0v) is 20.2. The van der Waals surface area contributed by atoms with Crippen LogP contribution >= 0.6 is 12.2 Å². The van der Waals surface area contributed by atoms with E-state index in [9.17, 15) is 4.79 Å². The van der Waals surface area contributed by atoms with Crippen LogP contribution in [0, 0.1) is 0 Å².